The number of Topliss-reactive ketones (excluding diaryl/α,β-unsaturated/α-hetero) is 1. The highest BCUT2D eigenvalue weighted by molar-refractivity contribution is 5.99. The first-order chi connectivity index (χ1) is 10.1. The predicted molar refractivity (Wildman–Crippen MR) is 81.4 cm³/mol. The molecule has 0 radical (unpaired) electrons. The van der Waals surface area contributed by atoms with Gasteiger partial charge in [-0.15, -0.1) is 0 Å². The van der Waals surface area contributed by atoms with Gasteiger partial charge >= 0.3 is 0 Å². The summed E-state index contributed by atoms with van der Waals surface area (Å²) in [7, 11) is 3.52. The van der Waals surface area contributed by atoms with Gasteiger partial charge in [-0.05, 0) is 32.0 Å². The molecule has 0 atom stereocenters. The van der Waals surface area contributed by atoms with Crippen LogP contribution in [0.1, 0.15) is 48.9 Å². The Kier molecular flexibility index (Phi) is 5.74. The molecule has 4 heteroatoms. The van der Waals surface area contributed by atoms with Crippen LogP contribution in [0.4, 0.5) is 4.39 Å². The summed E-state index contributed by atoms with van der Waals surface area (Å²) in [5, 5.41) is 0. The summed E-state index contributed by atoms with van der Waals surface area (Å²) in [6, 6.07) is 5.05. The molecule has 0 N–H and O–H groups in total. The van der Waals surface area contributed by atoms with Crippen LogP contribution in [0.5, 0.6) is 5.75 Å². The van der Waals surface area contributed by atoms with Gasteiger partial charge in [0.25, 0.3) is 0 Å². The van der Waals surface area contributed by atoms with Crippen LogP contribution in [0.2, 0.25) is 0 Å². The SMILES string of the molecule is COc1cccc(F)c1C(=O)CCN(C)C1CCCCC1. The number of carbonyl (C=O) groups is 1. The maximum absolute atomic E-state index is 13.9. The first-order valence-electron chi connectivity index (χ1n) is 7.69. The zero-order valence-electron chi connectivity index (χ0n) is 12.9. The van der Waals surface area contributed by atoms with E-state index in [1.165, 1.54) is 45.3 Å². The molecule has 0 amide bonds. The van der Waals surface area contributed by atoms with Crippen molar-refractivity contribution >= 4 is 5.78 Å². The van der Waals surface area contributed by atoms with Gasteiger partial charge in [-0.1, -0.05) is 25.3 Å². The maximum atomic E-state index is 13.9. The fourth-order valence-electron chi connectivity index (χ4n) is 3.05. The Morgan fingerprint density at radius 2 is 2.05 bits per heavy atom. The smallest absolute Gasteiger partial charge is 0.170 e. The van der Waals surface area contributed by atoms with Crippen LogP contribution < -0.4 is 4.74 Å². The summed E-state index contributed by atoms with van der Waals surface area (Å²) >= 11 is 0. The van der Waals surface area contributed by atoms with Crippen LogP contribution in [0, 0.1) is 5.82 Å². The molecule has 1 aliphatic rings. The Hall–Kier alpha value is -1.42. The first kappa shape index (κ1) is 16.0. The second-order valence-corrected chi connectivity index (χ2v) is 5.76. The normalized spacial score (nSPS) is 16.2. The molecule has 0 saturated heterocycles. The van der Waals surface area contributed by atoms with Gasteiger partial charge in [0.2, 0.25) is 0 Å². The van der Waals surface area contributed by atoms with Crippen LogP contribution >= 0.6 is 0 Å². The summed E-state index contributed by atoms with van der Waals surface area (Å²) in [6.45, 7) is 0.668. The van der Waals surface area contributed by atoms with Crippen molar-refractivity contribution in [1.29, 1.82) is 0 Å². The fraction of sp³-hybridized carbons (Fsp3) is 0.588. The number of benzene rings is 1. The highest BCUT2D eigenvalue weighted by atomic mass is 19.1. The quantitative estimate of drug-likeness (QED) is 0.749. The van der Waals surface area contributed by atoms with Crippen LogP contribution in [-0.4, -0.2) is 37.4 Å². The van der Waals surface area contributed by atoms with Crippen LogP contribution in [0.3, 0.4) is 0 Å². The number of rotatable bonds is 6. The van der Waals surface area contributed by atoms with E-state index in [2.05, 4.69) is 11.9 Å². The molecule has 1 aliphatic carbocycles. The molecule has 1 saturated carbocycles. The van der Waals surface area contributed by atoms with E-state index in [9.17, 15) is 9.18 Å². The molecule has 21 heavy (non-hydrogen) atoms. The third kappa shape index (κ3) is 4.03. The van der Waals surface area contributed by atoms with E-state index < -0.39 is 5.82 Å². The summed E-state index contributed by atoms with van der Waals surface area (Å²) < 4.78 is 18.9. The number of hydrogen-bond acceptors (Lipinski definition) is 3. The van der Waals surface area contributed by atoms with Gasteiger partial charge in [0, 0.05) is 19.0 Å². The zero-order chi connectivity index (χ0) is 15.2. The van der Waals surface area contributed by atoms with E-state index in [-0.39, 0.29) is 11.3 Å². The van der Waals surface area contributed by atoms with Gasteiger partial charge in [-0.2, -0.15) is 0 Å². The van der Waals surface area contributed by atoms with Crippen molar-refractivity contribution in [2.75, 3.05) is 20.7 Å². The lowest BCUT2D eigenvalue weighted by atomic mass is 9.94. The Labute approximate surface area is 126 Å². The lowest BCUT2D eigenvalue weighted by Gasteiger charge is -2.31. The molecule has 3 nitrogen and oxygen atoms in total. The first-order valence-corrected chi connectivity index (χ1v) is 7.69. The minimum atomic E-state index is -0.500. The van der Waals surface area contributed by atoms with E-state index in [4.69, 9.17) is 4.74 Å². The van der Waals surface area contributed by atoms with Crippen molar-refractivity contribution in [2.45, 2.75) is 44.6 Å². The van der Waals surface area contributed by atoms with E-state index in [0.717, 1.165) is 0 Å². The molecule has 2 rings (SSSR count). The van der Waals surface area contributed by atoms with Crippen LogP contribution in [0.15, 0.2) is 18.2 Å². The monoisotopic (exact) mass is 293 g/mol. The summed E-state index contributed by atoms with van der Waals surface area (Å²) in [4.78, 5) is 14.5. The molecule has 1 aromatic rings. The molecular formula is C17H24FNO2. The molecule has 116 valence electrons. The standard InChI is InChI=1S/C17H24FNO2/c1-19(13-7-4-3-5-8-13)12-11-15(20)17-14(18)9-6-10-16(17)21-2/h6,9-10,13H,3-5,7-8,11-12H2,1-2H3. The number of halogens is 1. The van der Waals surface area contributed by atoms with Crippen molar-refractivity contribution in [2.24, 2.45) is 0 Å². The van der Waals surface area contributed by atoms with Crippen LogP contribution in [0.25, 0.3) is 0 Å². The van der Waals surface area contributed by atoms with Crippen molar-refractivity contribution in [1.82, 2.24) is 4.90 Å². The van der Waals surface area contributed by atoms with Gasteiger partial charge in [-0.3, -0.25) is 4.79 Å². The van der Waals surface area contributed by atoms with Crippen molar-refractivity contribution < 1.29 is 13.9 Å². The van der Waals surface area contributed by atoms with Gasteiger partial charge in [0.05, 0.1) is 12.7 Å². The highest BCUT2D eigenvalue weighted by Gasteiger charge is 2.21. The second-order valence-electron chi connectivity index (χ2n) is 5.76. The lowest BCUT2D eigenvalue weighted by molar-refractivity contribution is 0.0945. The molecule has 1 fully saturated rings. The number of carbonyl (C=O) groups excluding carboxylic acids is 1. The number of ether oxygens (including phenoxy) is 1. The minimum absolute atomic E-state index is 0.0806. The number of methoxy groups -OCH3 is 1. The molecular weight excluding hydrogens is 269 g/mol. The van der Waals surface area contributed by atoms with Gasteiger partial charge in [-0.25, -0.2) is 4.39 Å². The van der Waals surface area contributed by atoms with E-state index >= 15 is 0 Å². The summed E-state index contributed by atoms with van der Waals surface area (Å²) in [5.41, 5.74) is 0.0806. The average Bonchev–Trinajstić information content (AvgIpc) is 2.52. The Morgan fingerprint density at radius 3 is 2.71 bits per heavy atom. The Morgan fingerprint density at radius 1 is 1.33 bits per heavy atom. The maximum Gasteiger partial charge on any atom is 0.170 e. The zero-order valence-corrected chi connectivity index (χ0v) is 12.9. The molecule has 0 aliphatic heterocycles. The molecule has 0 heterocycles. The minimum Gasteiger partial charge on any atom is -0.496 e. The Balaban J connectivity index is 1.95. The third-order valence-corrected chi connectivity index (χ3v) is 4.36. The number of hydrogen-bond donors (Lipinski definition) is 0. The molecule has 0 bridgehead atoms. The number of ketones is 1. The van der Waals surface area contributed by atoms with Crippen molar-refractivity contribution in [3.05, 3.63) is 29.6 Å². The van der Waals surface area contributed by atoms with Gasteiger partial charge in [0.15, 0.2) is 5.78 Å². The lowest BCUT2D eigenvalue weighted by Crippen LogP contribution is -2.35. The van der Waals surface area contributed by atoms with E-state index in [0.29, 0.717) is 24.8 Å². The predicted octanol–water partition coefficient (Wildman–Crippen LogP) is 3.67. The topological polar surface area (TPSA) is 29.5 Å². The summed E-state index contributed by atoms with van der Waals surface area (Å²) in [5.74, 6) is -0.368. The molecule has 0 aromatic heterocycles. The molecule has 0 unspecified atom stereocenters. The van der Waals surface area contributed by atoms with Crippen LogP contribution in [-0.2, 0) is 0 Å². The van der Waals surface area contributed by atoms with Crippen molar-refractivity contribution in [3.8, 4) is 5.75 Å². The summed E-state index contributed by atoms with van der Waals surface area (Å²) in [6.07, 6.45) is 6.58. The fourth-order valence-corrected chi connectivity index (χ4v) is 3.05. The molecule has 0 spiro atoms. The van der Waals surface area contributed by atoms with E-state index in [1.54, 1.807) is 12.1 Å². The third-order valence-electron chi connectivity index (χ3n) is 4.36. The average molecular weight is 293 g/mol. The Bertz CT molecular complexity index is 484. The largest absolute Gasteiger partial charge is 0.496 e. The van der Waals surface area contributed by atoms with E-state index in [1.807, 2.05) is 0 Å². The second kappa shape index (κ2) is 7.55. The van der Waals surface area contributed by atoms with Gasteiger partial charge in [0.1, 0.15) is 11.6 Å². The number of nitrogens with zero attached hydrogens (tertiary/aromatic N) is 1. The highest BCUT2D eigenvalue weighted by Crippen LogP contribution is 2.24. The van der Waals surface area contributed by atoms with Gasteiger partial charge < -0.3 is 9.64 Å². The molecule has 1 aromatic carbocycles. The van der Waals surface area contributed by atoms with Crippen molar-refractivity contribution in [3.63, 3.8) is 0 Å².